The number of amides is 1. The van der Waals surface area contributed by atoms with Crippen molar-refractivity contribution in [3.05, 3.63) is 53.7 Å². The van der Waals surface area contributed by atoms with Gasteiger partial charge in [-0.25, -0.2) is 9.37 Å². The molecule has 1 fully saturated rings. The summed E-state index contributed by atoms with van der Waals surface area (Å²) in [4.78, 5) is 17.8. The van der Waals surface area contributed by atoms with Gasteiger partial charge in [0.1, 0.15) is 18.0 Å². The van der Waals surface area contributed by atoms with Crippen molar-refractivity contribution in [2.75, 3.05) is 13.1 Å². The third kappa shape index (κ3) is 4.45. The molecule has 3 N–H and O–H groups in total. The zero-order valence-electron chi connectivity index (χ0n) is 13.3. The molecule has 134 valence electrons. The van der Waals surface area contributed by atoms with Crippen LogP contribution in [-0.4, -0.2) is 46.3 Å². The number of β-amino-alcohol motifs (C(OH)–C–C–N with tert-alkyl or cyclic N) is 1. The average Bonchev–Trinajstić information content (AvgIpc) is 2.93. The molecule has 1 aliphatic rings. The summed E-state index contributed by atoms with van der Waals surface area (Å²) in [6.45, 7) is 0.259. The fourth-order valence-electron chi connectivity index (χ4n) is 2.54. The second kappa shape index (κ2) is 8.24. The van der Waals surface area contributed by atoms with Crippen molar-refractivity contribution in [1.82, 2.24) is 9.88 Å². The Balaban J connectivity index is 0.00000225. The van der Waals surface area contributed by atoms with Gasteiger partial charge in [-0.2, -0.15) is 0 Å². The Bertz CT molecular complexity index is 737. The first-order valence-corrected chi connectivity index (χ1v) is 7.61. The smallest absolute Gasteiger partial charge is 0.254 e. The number of nitrogens with zero attached hydrogens (tertiary/aromatic N) is 2. The van der Waals surface area contributed by atoms with Gasteiger partial charge in [0.05, 0.1) is 6.54 Å². The molecule has 1 aromatic carbocycles. The predicted molar refractivity (Wildman–Crippen MR) is 92.7 cm³/mol. The maximum absolute atomic E-state index is 13.4. The number of halogens is 2. The first-order valence-electron chi connectivity index (χ1n) is 7.61. The molecule has 3 rings (SSSR count). The SMILES string of the molecule is Cl.NCc1ccnc(Oc2cccc(C(=O)N3C[C@H](O)[C@@H](F)C3)c2)c1. The van der Waals surface area contributed by atoms with E-state index in [2.05, 4.69) is 4.98 Å². The minimum absolute atomic E-state index is 0. The highest BCUT2D eigenvalue weighted by Gasteiger charge is 2.34. The Morgan fingerprint density at radius 1 is 1.36 bits per heavy atom. The summed E-state index contributed by atoms with van der Waals surface area (Å²) in [7, 11) is 0. The highest BCUT2D eigenvalue weighted by atomic mass is 35.5. The summed E-state index contributed by atoms with van der Waals surface area (Å²) in [5.74, 6) is 0.477. The average molecular weight is 368 g/mol. The van der Waals surface area contributed by atoms with Gasteiger partial charge >= 0.3 is 0 Å². The largest absolute Gasteiger partial charge is 0.439 e. The highest BCUT2D eigenvalue weighted by molar-refractivity contribution is 5.94. The number of nitrogens with two attached hydrogens (primary N) is 1. The predicted octanol–water partition coefficient (Wildman–Crippen LogP) is 1.91. The van der Waals surface area contributed by atoms with Gasteiger partial charge in [-0.1, -0.05) is 6.07 Å². The van der Waals surface area contributed by atoms with Crippen molar-refractivity contribution < 1.29 is 19.0 Å². The lowest BCUT2D eigenvalue weighted by atomic mass is 10.2. The molecule has 1 saturated heterocycles. The Morgan fingerprint density at radius 3 is 2.84 bits per heavy atom. The fourth-order valence-corrected chi connectivity index (χ4v) is 2.54. The summed E-state index contributed by atoms with van der Waals surface area (Å²) in [5.41, 5.74) is 6.83. The van der Waals surface area contributed by atoms with E-state index in [-0.39, 0.29) is 31.4 Å². The van der Waals surface area contributed by atoms with E-state index in [1.807, 2.05) is 0 Å². The van der Waals surface area contributed by atoms with Gasteiger partial charge in [0.15, 0.2) is 0 Å². The molecule has 0 spiro atoms. The number of rotatable bonds is 4. The van der Waals surface area contributed by atoms with E-state index in [1.54, 1.807) is 42.6 Å². The first-order chi connectivity index (χ1) is 11.6. The molecule has 0 aliphatic carbocycles. The molecule has 25 heavy (non-hydrogen) atoms. The van der Waals surface area contributed by atoms with E-state index in [0.717, 1.165) is 5.56 Å². The van der Waals surface area contributed by atoms with Crippen LogP contribution in [0.15, 0.2) is 42.6 Å². The highest BCUT2D eigenvalue weighted by Crippen LogP contribution is 2.23. The molecular weight excluding hydrogens is 349 g/mol. The number of aliphatic hydroxyl groups excluding tert-OH is 1. The van der Waals surface area contributed by atoms with Crippen molar-refractivity contribution in [1.29, 1.82) is 0 Å². The number of hydrogen-bond donors (Lipinski definition) is 2. The number of ether oxygens (including phenoxy) is 1. The number of carbonyl (C=O) groups excluding carboxylic acids is 1. The quantitative estimate of drug-likeness (QED) is 0.861. The van der Waals surface area contributed by atoms with Gasteiger partial charge in [-0.15, -0.1) is 12.4 Å². The van der Waals surface area contributed by atoms with Gasteiger partial charge in [0.25, 0.3) is 5.91 Å². The number of pyridine rings is 1. The van der Waals surface area contributed by atoms with Crippen LogP contribution in [-0.2, 0) is 6.54 Å². The zero-order chi connectivity index (χ0) is 17.1. The fraction of sp³-hybridized carbons (Fsp3) is 0.294. The van der Waals surface area contributed by atoms with Gasteiger partial charge in [-0.05, 0) is 29.8 Å². The molecule has 0 bridgehead atoms. The number of hydrogen-bond acceptors (Lipinski definition) is 5. The van der Waals surface area contributed by atoms with Crippen LogP contribution in [0.2, 0.25) is 0 Å². The van der Waals surface area contributed by atoms with Gasteiger partial charge in [0, 0.05) is 30.9 Å². The number of aromatic nitrogens is 1. The van der Waals surface area contributed by atoms with E-state index in [9.17, 15) is 14.3 Å². The lowest BCUT2D eigenvalue weighted by Crippen LogP contribution is -2.29. The molecule has 6 nitrogen and oxygen atoms in total. The lowest BCUT2D eigenvalue weighted by molar-refractivity contribution is 0.0764. The van der Waals surface area contributed by atoms with Crippen molar-refractivity contribution in [3.8, 4) is 11.6 Å². The van der Waals surface area contributed by atoms with Gasteiger partial charge in [0.2, 0.25) is 5.88 Å². The van der Waals surface area contributed by atoms with Crippen LogP contribution in [0.1, 0.15) is 15.9 Å². The summed E-state index contributed by atoms with van der Waals surface area (Å²) in [5, 5.41) is 9.45. The zero-order valence-corrected chi connectivity index (χ0v) is 14.2. The minimum atomic E-state index is -1.41. The van der Waals surface area contributed by atoms with Crippen LogP contribution in [0.3, 0.4) is 0 Å². The normalized spacial score (nSPS) is 19.4. The van der Waals surface area contributed by atoms with Crippen LogP contribution in [0.25, 0.3) is 0 Å². The Kier molecular flexibility index (Phi) is 6.30. The molecular formula is C17H19ClFN3O3. The molecule has 2 aromatic rings. The van der Waals surface area contributed by atoms with Gasteiger partial charge < -0.3 is 20.5 Å². The van der Waals surface area contributed by atoms with Crippen LogP contribution < -0.4 is 10.5 Å². The Morgan fingerprint density at radius 2 is 2.16 bits per heavy atom. The molecule has 1 aromatic heterocycles. The van der Waals surface area contributed by atoms with Crippen molar-refractivity contribution >= 4 is 18.3 Å². The van der Waals surface area contributed by atoms with Crippen LogP contribution >= 0.6 is 12.4 Å². The van der Waals surface area contributed by atoms with Crippen molar-refractivity contribution in [2.24, 2.45) is 5.73 Å². The Labute approximate surface area is 150 Å². The molecule has 1 aliphatic heterocycles. The number of carbonyl (C=O) groups is 1. The number of benzene rings is 1. The lowest BCUT2D eigenvalue weighted by Gasteiger charge is -2.15. The second-order valence-corrected chi connectivity index (χ2v) is 5.63. The maximum Gasteiger partial charge on any atom is 0.254 e. The van der Waals surface area contributed by atoms with Crippen LogP contribution in [0, 0.1) is 0 Å². The second-order valence-electron chi connectivity index (χ2n) is 5.63. The molecule has 2 heterocycles. The van der Waals surface area contributed by atoms with E-state index in [0.29, 0.717) is 23.7 Å². The molecule has 8 heteroatoms. The summed E-state index contributed by atoms with van der Waals surface area (Å²) in [6.07, 6.45) is -0.937. The van der Waals surface area contributed by atoms with Gasteiger partial charge in [-0.3, -0.25) is 4.79 Å². The first kappa shape index (κ1) is 19.1. The van der Waals surface area contributed by atoms with Crippen LogP contribution in [0.5, 0.6) is 11.6 Å². The standard InChI is InChI=1S/C17H18FN3O3.ClH/c18-14-9-21(10-15(14)22)17(23)12-2-1-3-13(7-12)24-16-6-11(8-19)4-5-20-16;/h1-7,14-15,22H,8-10,19H2;1H/t14-,15-;/m0./s1. The number of alkyl halides is 1. The van der Waals surface area contributed by atoms with E-state index < -0.39 is 12.3 Å². The van der Waals surface area contributed by atoms with E-state index >= 15 is 0 Å². The molecule has 2 atom stereocenters. The third-order valence-corrected chi connectivity index (χ3v) is 3.85. The topological polar surface area (TPSA) is 88.7 Å². The number of likely N-dealkylation sites (tertiary alicyclic amines) is 1. The monoisotopic (exact) mass is 367 g/mol. The maximum atomic E-state index is 13.4. The third-order valence-electron chi connectivity index (χ3n) is 3.85. The Hall–Kier alpha value is -2.22. The van der Waals surface area contributed by atoms with Crippen LogP contribution in [0.4, 0.5) is 4.39 Å². The summed E-state index contributed by atoms with van der Waals surface area (Å²) in [6, 6.07) is 10.1. The van der Waals surface area contributed by atoms with Crippen molar-refractivity contribution in [3.63, 3.8) is 0 Å². The van der Waals surface area contributed by atoms with E-state index in [4.69, 9.17) is 10.5 Å². The number of aliphatic hydroxyl groups is 1. The van der Waals surface area contributed by atoms with Crippen molar-refractivity contribution in [2.45, 2.75) is 18.8 Å². The molecule has 0 radical (unpaired) electrons. The molecule has 0 saturated carbocycles. The minimum Gasteiger partial charge on any atom is -0.439 e. The summed E-state index contributed by atoms with van der Waals surface area (Å²) < 4.78 is 19.1. The summed E-state index contributed by atoms with van der Waals surface area (Å²) >= 11 is 0. The molecule has 0 unspecified atom stereocenters. The van der Waals surface area contributed by atoms with E-state index in [1.165, 1.54) is 4.90 Å². The molecule has 1 amide bonds.